The molecule has 0 aliphatic heterocycles. The Labute approximate surface area is 92.2 Å². The van der Waals surface area contributed by atoms with Gasteiger partial charge in [-0.25, -0.2) is 9.67 Å². The number of nitrogens with zero attached hydrogens (tertiary/aromatic N) is 3. The summed E-state index contributed by atoms with van der Waals surface area (Å²) in [6, 6.07) is 0. The predicted molar refractivity (Wildman–Crippen MR) is 58.4 cm³/mol. The maximum atomic E-state index is 11.2. The van der Waals surface area contributed by atoms with Crippen molar-refractivity contribution in [2.75, 3.05) is 23.8 Å². The molecule has 1 heterocycles. The van der Waals surface area contributed by atoms with Crippen LogP contribution in [0, 0.1) is 0 Å². The summed E-state index contributed by atoms with van der Waals surface area (Å²) in [5.41, 5.74) is 5.30. The number of hydrogen-bond donors (Lipinski definition) is 1. The Balaban J connectivity index is 2.18. The van der Waals surface area contributed by atoms with Crippen molar-refractivity contribution in [1.82, 2.24) is 14.8 Å². The van der Waals surface area contributed by atoms with Crippen LogP contribution >= 0.6 is 11.8 Å². The molecule has 7 heteroatoms. The molecule has 15 heavy (non-hydrogen) atoms. The van der Waals surface area contributed by atoms with E-state index in [1.807, 2.05) is 0 Å². The highest BCUT2D eigenvalue weighted by Crippen LogP contribution is 1.98. The van der Waals surface area contributed by atoms with Crippen LogP contribution in [-0.2, 0) is 16.1 Å². The number of esters is 1. The Bertz CT molecular complexity index is 315. The van der Waals surface area contributed by atoms with Crippen LogP contribution in [0.5, 0.6) is 0 Å². The number of ether oxygens (including phenoxy) is 1. The van der Waals surface area contributed by atoms with Crippen LogP contribution in [0.1, 0.15) is 6.92 Å². The maximum absolute atomic E-state index is 11.2. The van der Waals surface area contributed by atoms with E-state index < -0.39 is 0 Å². The standard InChI is InChI=1S/C8H14N4O2S/c1-2-15-4-3-14-7(13)5-12-6-10-8(9)11-12/h6H,2-5H2,1H3,(H2,9,11). The molecule has 0 saturated heterocycles. The summed E-state index contributed by atoms with van der Waals surface area (Å²) in [6.45, 7) is 2.55. The number of nitrogen functional groups attached to an aromatic ring is 1. The first-order valence-corrected chi connectivity index (χ1v) is 5.76. The third-order valence-electron chi connectivity index (χ3n) is 1.54. The Morgan fingerprint density at radius 2 is 2.53 bits per heavy atom. The first-order valence-electron chi connectivity index (χ1n) is 4.60. The third-order valence-corrected chi connectivity index (χ3v) is 2.40. The molecule has 1 aromatic heterocycles. The van der Waals surface area contributed by atoms with E-state index in [0.29, 0.717) is 6.61 Å². The zero-order chi connectivity index (χ0) is 11.1. The Morgan fingerprint density at radius 1 is 1.73 bits per heavy atom. The van der Waals surface area contributed by atoms with Gasteiger partial charge in [0.05, 0.1) is 0 Å². The molecule has 0 fully saturated rings. The van der Waals surface area contributed by atoms with Crippen molar-refractivity contribution in [1.29, 1.82) is 0 Å². The SMILES string of the molecule is CCSCCOC(=O)Cn1cnc(N)n1. The van der Waals surface area contributed by atoms with E-state index in [9.17, 15) is 4.79 Å². The molecule has 2 N–H and O–H groups in total. The van der Waals surface area contributed by atoms with Gasteiger partial charge in [0.2, 0.25) is 5.95 Å². The minimum absolute atomic E-state index is 0.0565. The molecule has 0 radical (unpaired) electrons. The number of carbonyl (C=O) groups is 1. The van der Waals surface area contributed by atoms with Gasteiger partial charge >= 0.3 is 5.97 Å². The van der Waals surface area contributed by atoms with Crippen molar-refractivity contribution in [3.8, 4) is 0 Å². The van der Waals surface area contributed by atoms with Crippen LogP contribution < -0.4 is 5.73 Å². The molecule has 0 atom stereocenters. The summed E-state index contributed by atoms with van der Waals surface area (Å²) in [6.07, 6.45) is 1.40. The van der Waals surface area contributed by atoms with Gasteiger partial charge in [-0.15, -0.1) is 5.10 Å². The van der Waals surface area contributed by atoms with Crippen molar-refractivity contribution in [2.45, 2.75) is 13.5 Å². The first kappa shape index (κ1) is 11.8. The lowest BCUT2D eigenvalue weighted by Gasteiger charge is -2.03. The highest BCUT2D eigenvalue weighted by molar-refractivity contribution is 7.99. The van der Waals surface area contributed by atoms with E-state index in [0.717, 1.165) is 11.5 Å². The Hall–Kier alpha value is -1.24. The van der Waals surface area contributed by atoms with Gasteiger partial charge in [-0.1, -0.05) is 6.92 Å². The van der Waals surface area contributed by atoms with Gasteiger partial charge in [-0.2, -0.15) is 11.8 Å². The summed E-state index contributed by atoms with van der Waals surface area (Å²) in [5, 5.41) is 3.77. The van der Waals surface area contributed by atoms with Crippen molar-refractivity contribution in [2.24, 2.45) is 0 Å². The number of rotatable bonds is 6. The smallest absolute Gasteiger partial charge is 0.327 e. The van der Waals surface area contributed by atoms with Gasteiger partial charge in [0.1, 0.15) is 19.5 Å². The van der Waals surface area contributed by atoms with Crippen molar-refractivity contribution >= 4 is 23.7 Å². The predicted octanol–water partition coefficient (Wildman–Crippen LogP) is 0.157. The molecule has 0 aromatic carbocycles. The average Bonchev–Trinajstić information content (AvgIpc) is 2.59. The number of nitrogens with two attached hydrogens (primary N) is 1. The summed E-state index contributed by atoms with van der Waals surface area (Å²) in [4.78, 5) is 14.9. The fraction of sp³-hybridized carbons (Fsp3) is 0.625. The molecule has 0 aliphatic carbocycles. The van der Waals surface area contributed by atoms with Gasteiger partial charge in [-0.05, 0) is 5.75 Å². The van der Waals surface area contributed by atoms with Gasteiger partial charge < -0.3 is 10.5 Å². The van der Waals surface area contributed by atoms with Gasteiger partial charge in [-0.3, -0.25) is 4.79 Å². The molecule has 0 saturated carbocycles. The molecule has 1 aromatic rings. The molecule has 84 valence electrons. The molecular weight excluding hydrogens is 216 g/mol. The minimum atomic E-state index is -0.323. The van der Waals surface area contributed by atoms with Gasteiger partial charge in [0.15, 0.2) is 0 Å². The largest absolute Gasteiger partial charge is 0.463 e. The zero-order valence-electron chi connectivity index (χ0n) is 8.55. The third kappa shape index (κ3) is 4.68. The summed E-state index contributed by atoms with van der Waals surface area (Å²) in [5.74, 6) is 1.68. The molecule has 6 nitrogen and oxygen atoms in total. The number of thioether (sulfide) groups is 1. The maximum Gasteiger partial charge on any atom is 0.327 e. The molecule has 1 rings (SSSR count). The van der Waals surface area contributed by atoms with E-state index in [4.69, 9.17) is 10.5 Å². The lowest BCUT2D eigenvalue weighted by atomic mass is 10.6. The Morgan fingerprint density at radius 3 is 3.13 bits per heavy atom. The fourth-order valence-electron chi connectivity index (χ4n) is 0.922. The quantitative estimate of drug-likeness (QED) is 0.553. The topological polar surface area (TPSA) is 83.0 Å². The van der Waals surface area contributed by atoms with Crippen LogP contribution in [0.25, 0.3) is 0 Å². The van der Waals surface area contributed by atoms with Crippen LogP contribution in [0.15, 0.2) is 6.33 Å². The highest BCUT2D eigenvalue weighted by atomic mass is 32.2. The molecule has 0 bridgehead atoms. The van der Waals surface area contributed by atoms with Crippen molar-refractivity contribution in [3.63, 3.8) is 0 Å². The van der Waals surface area contributed by atoms with E-state index in [1.165, 1.54) is 11.0 Å². The van der Waals surface area contributed by atoms with E-state index in [-0.39, 0.29) is 18.5 Å². The van der Waals surface area contributed by atoms with Crippen LogP contribution in [-0.4, -0.2) is 38.8 Å². The summed E-state index contributed by atoms with van der Waals surface area (Å²) < 4.78 is 6.32. The lowest BCUT2D eigenvalue weighted by Crippen LogP contribution is -2.15. The normalized spacial score (nSPS) is 10.2. The summed E-state index contributed by atoms with van der Waals surface area (Å²) >= 11 is 1.73. The lowest BCUT2D eigenvalue weighted by molar-refractivity contribution is -0.143. The van der Waals surface area contributed by atoms with Crippen LogP contribution in [0.3, 0.4) is 0 Å². The summed E-state index contributed by atoms with van der Waals surface area (Å²) in [7, 11) is 0. The average molecular weight is 230 g/mol. The van der Waals surface area contributed by atoms with E-state index in [2.05, 4.69) is 17.0 Å². The Kier molecular flexibility index (Phi) is 4.96. The second-order valence-corrected chi connectivity index (χ2v) is 4.11. The number of aromatic nitrogens is 3. The molecule has 0 amide bonds. The fourth-order valence-corrected chi connectivity index (χ4v) is 1.41. The second kappa shape index (κ2) is 6.28. The second-order valence-electron chi connectivity index (χ2n) is 2.72. The number of hydrogen-bond acceptors (Lipinski definition) is 6. The number of anilines is 1. The molecule has 0 aliphatic rings. The van der Waals surface area contributed by atoms with Crippen molar-refractivity contribution in [3.05, 3.63) is 6.33 Å². The highest BCUT2D eigenvalue weighted by Gasteiger charge is 2.05. The zero-order valence-corrected chi connectivity index (χ0v) is 9.37. The van der Waals surface area contributed by atoms with Gasteiger partial charge in [0.25, 0.3) is 0 Å². The van der Waals surface area contributed by atoms with Crippen LogP contribution in [0.2, 0.25) is 0 Å². The van der Waals surface area contributed by atoms with E-state index >= 15 is 0 Å². The first-order chi connectivity index (χ1) is 7.22. The van der Waals surface area contributed by atoms with Crippen LogP contribution in [0.4, 0.5) is 5.95 Å². The monoisotopic (exact) mass is 230 g/mol. The number of carbonyl (C=O) groups excluding carboxylic acids is 1. The minimum Gasteiger partial charge on any atom is -0.463 e. The van der Waals surface area contributed by atoms with E-state index in [1.54, 1.807) is 11.8 Å². The van der Waals surface area contributed by atoms with Gasteiger partial charge in [0, 0.05) is 5.75 Å². The molecular formula is C8H14N4O2S. The van der Waals surface area contributed by atoms with Crippen molar-refractivity contribution < 1.29 is 9.53 Å². The molecule has 0 spiro atoms. The molecule has 0 unspecified atom stereocenters.